The Morgan fingerprint density at radius 1 is 1.36 bits per heavy atom. The van der Waals surface area contributed by atoms with E-state index in [9.17, 15) is 14.8 Å². The highest BCUT2D eigenvalue weighted by molar-refractivity contribution is 5.92. The molecule has 5 aliphatic carbocycles. The van der Waals surface area contributed by atoms with Crippen LogP contribution in [0.4, 0.5) is 0 Å². The lowest BCUT2D eigenvalue weighted by atomic mass is 9.47. The van der Waals surface area contributed by atoms with Gasteiger partial charge in [-0.05, 0) is 73.3 Å². The Morgan fingerprint density at radius 3 is 2.93 bits per heavy atom. The van der Waals surface area contributed by atoms with Crippen molar-refractivity contribution in [2.24, 2.45) is 45.9 Å². The van der Waals surface area contributed by atoms with Crippen molar-refractivity contribution in [3.63, 3.8) is 0 Å². The van der Waals surface area contributed by atoms with Gasteiger partial charge in [0, 0.05) is 17.4 Å². The SMILES string of the molecule is CCC12CCC3C(C=CC4=CC(=O)CCC43N)C1C1C[C@@H]1C2(O)/C=C\CN=O. The Bertz CT molecular complexity index is 817. The van der Waals surface area contributed by atoms with Gasteiger partial charge in [-0.1, -0.05) is 36.4 Å². The molecule has 3 saturated carbocycles. The largest absolute Gasteiger partial charge is 0.385 e. The summed E-state index contributed by atoms with van der Waals surface area (Å²) >= 11 is 0. The molecule has 0 aliphatic heterocycles. The van der Waals surface area contributed by atoms with Gasteiger partial charge in [-0.3, -0.25) is 4.79 Å². The first-order valence-electron chi connectivity index (χ1n) is 10.8. The fourth-order valence-electron chi connectivity index (χ4n) is 7.83. The van der Waals surface area contributed by atoms with Crippen molar-refractivity contribution in [2.45, 2.75) is 56.6 Å². The summed E-state index contributed by atoms with van der Waals surface area (Å²) in [5.41, 5.74) is 6.57. The third-order valence-corrected chi connectivity index (χ3v) is 9.06. The highest BCUT2D eigenvalue weighted by atomic mass is 16.3. The molecule has 0 heterocycles. The maximum Gasteiger partial charge on any atom is 0.156 e. The van der Waals surface area contributed by atoms with Crippen LogP contribution in [0.1, 0.15) is 45.4 Å². The molecule has 0 aromatic rings. The fourth-order valence-corrected chi connectivity index (χ4v) is 7.83. The molecular weight excluding hydrogens is 352 g/mol. The van der Waals surface area contributed by atoms with Gasteiger partial charge < -0.3 is 10.8 Å². The van der Waals surface area contributed by atoms with E-state index < -0.39 is 11.1 Å². The van der Waals surface area contributed by atoms with Crippen molar-refractivity contribution in [3.05, 3.63) is 40.9 Å². The van der Waals surface area contributed by atoms with Crippen LogP contribution in [0.15, 0.2) is 41.1 Å². The molecule has 5 nitrogen and oxygen atoms in total. The highest BCUT2D eigenvalue weighted by Crippen LogP contribution is 2.76. The zero-order chi connectivity index (χ0) is 19.7. The maximum atomic E-state index is 11.9. The van der Waals surface area contributed by atoms with E-state index >= 15 is 0 Å². The molecule has 0 spiro atoms. The minimum Gasteiger partial charge on any atom is -0.385 e. The van der Waals surface area contributed by atoms with Crippen LogP contribution >= 0.6 is 0 Å². The predicted octanol–water partition coefficient (Wildman–Crippen LogP) is 3.29. The summed E-state index contributed by atoms with van der Waals surface area (Å²) in [7, 11) is 0. The van der Waals surface area contributed by atoms with Gasteiger partial charge in [-0.25, -0.2) is 0 Å². The van der Waals surface area contributed by atoms with Gasteiger partial charge in [-0.2, -0.15) is 4.91 Å². The van der Waals surface area contributed by atoms with Crippen LogP contribution in [0.3, 0.4) is 0 Å². The number of carbonyl (C=O) groups is 1. The molecule has 3 fully saturated rings. The van der Waals surface area contributed by atoms with E-state index in [0.717, 1.165) is 37.7 Å². The van der Waals surface area contributed by atoms with Crippen LogP contribution in [-0.2, 0) is 4.79 Å². The van der Waals surface area contributed by atoms with Gasteiger partial charge >= 0.3 is 0 Å². The summed E-state index contributed by atoms with van der Waals surface area (Å²) in [5.74, 6) is 2.10. The Kier molecular flexibility index (Phi) is 3.92. The van der Waals surface area contributed by atoms with Crippen molar-refractivity contribution >= 4 is 5.78 Å². The molecule has 0 bridgehead atoms. The predicted molar refractivity (Wildman–Crippen MR) is 107 cm³/mol. The molecule has 3 N–H and O–H groups in total. The molecule has 7 unspecified atom stereocenters. The average molecular weight is 383 g/mol. The number of hydrogen-bond acceptors (Lipinski definition) is 5. The number of ketones is 1. The Hall–Kier alpha value is -1.59. The molecule has 0 aromatic heterocycles. The first-order chi connectivity index (χ1) is 13.4. The van der Waals surface area contributed by atoms with Crippen LogP contribution in [-0.4, -0.2) is 28.6 Å². The molecule has 0 amide bonds. The summed E-state index contributed by atoms with van der Waals surface area (Å²) in [4.78, 5) is 22.5. The normalized spacial score (nSPS) is 51.2. The van der Waals surface area contributed by atoms with Crippen molar-refractivity contribution in [2.75, 3.05) is 6.54 Å². The summed E-state index contributed by atoms with van der Waals surface area (Å²) in [6.45, 7) is 2.31. The van der Waals surface area contributed by atoms with Crippen LogP contribution in [0.5, 0.6) is 0 Å². The summed E-state index contributed by atoms with van der Waals surface area (Å²) in [6, 6.07) is 0. The highest BCUT2D eigenvalue weighted by Gasteiger charge is 2.76. The molecule has 0 aromatic carbocycles. The molecular formula is C23H30N2O3. The van der Waals surface area contributed by atoms with Crippen LogP contribution in [0.2, 0.25) is 0 Å². The van der Waals surface area contributed by atoms with Gasteiger partial charge in [0.1, 0.15) is 0 Å². The standard InChI is InChI=1S/C23H30N2O3/c1-2-21-9-7-18-16(5-4-14-12-15(26)6-10-22(14,18)24)20(21)17-13-19(17)23(21,27)8-3-11-25-28/h3-5,8,12,16-20,27H,2,6-7,9-11,13,24H2,1H3/b8-3-/t16?,17?,18?,19-,20?,21?,22?,23?/m0/s1. The van der Waals surface area contributed by atoms with E-state index in [4.69, 9.17) is 5.73 Å². The van der Waals surface area contributed by atoms with Crippen molar-refractivity contribution in [1.82, 2.24) is 0 Å². The summed E-state index contributed by atoms with van der Waals surface area (Å²) < 4.78 is 0. The third-order valence-electron chi connectivity index (χ3n) is 9.06. The zero-order valence-corrected chi connectivity index (χ0v) is 16.5. The van der Waals surface area contributed by atoms with E-state index in [-0.39, 0.29) is 23.7 Å². The second kappa shape index (κ2) is 5.96. The molecule has 5 aliphatic rings. The summed E-state index contributed by atoms with van der Waals surface area (Å²) in [5, 5.41) is 14.8. The van der Waals surface area contributed by atoms with Gasteiger partial charge in [0.15, 0.2) is 5.78 Å². The lowest BCUT2D eigenvalue weighted by Gasteiger charge is -2.59. The number of fused-ring (bicyclic) bond motifs is 7. The Morgan fingerprint density at radius 2 is 2.18 bits per heavy atom. The van der Waals surface area contributed by atoms with Gasteiger partial charge in [0.2, 0.25) is 0 Å². The quantitative estimate of drug-likeness (QED) is 0.576. The molecule has 8 atom stereocenters. The monoisotopic (exact) mass is 382 g/mol. The maximum absolute atomic E-state index is 11.9. The zero-order valence-electron chi connectivity index (χ0n) is 16.5. The van der Waals surface area contributed by atoms with Gasteiger partial charge in [0.25, 0.3) is 0 Å². The van der Waals surface area contributed by atoms with Gasteiger partial charge in [-0.15, -0.1) is 0 Å². The smallest absolute Gasteiger partial charge is 0.156 e. The van der Waals surface area contributed by atoms with Crippen LogP contribution in [0, 0.1) is 39.9 Å². The molecule has 0 saturated heterocycles. The number of carbonyl (C=O) groups excluding carboxylic acids is 1. The molecule has 5 rings (SSSR count). The minimum absolute atomic E-state index is 0.115. The van der Waals surface area contributed by atoms with E-state index in [1.807, 2.05) is 6.08 Å². The van der Waals surface area contributed by atoms with E-state index in [2.05, 4.69) is 24.3 Å². The van der Waals surface area contributed by atoms with Crippen LogP contribution in [0.25, 0.3) is 0 Å². The number of rotatable bonds is 4. The second-order valence-electron chi connectivity index (χ2n) is 9.77. The topological polar surface area (TPSA) is 92.8 Å². The molecule has 150 valence electrons. The van der Waals surface area contributed by atoms with E-state index in [1.165, 1.54) is 0 Å². The Balaban J connectivity index is 1.56. The molecule has 28 heavy (non-hydrogen) atoms. The molecule has 5 heteroatoms. The second-order valence-corrected chi connectivity index (χ2v) is 9.77. The fraction of sp³-hybridized carbons (Fsp3) is 0.696. The minimum atomic E-state index is -0.846. The number of nitrogens with two attached hydrogens (primary N) is 1. The number of allylic oxidation sites excluding steroid dienone is 2. The first kappa shape index (κ1) is 18.4. The van der Waals surface area contributed by atoms with Crippen molar-refractivity contribution in [1.29, 1.82) is 0 Å². The number of hydrogen-bond donors (Lipinski definition) is 2. The average Bonchev–Trinajstić information content (AvgIpc) is 3.44. The van der Waals surface area contributed by atoms with Crippen molar-refractivity contribution in [3.8, 4) is 0 Å². The van der Waals surface area contributed by atoms with Crippen LogP contribution < -0.4 is 5.73 Å². The third kappa shape index (κ3) is 2.12. The van der Waals surface area contributed by atoms with Gasteiger partial charge in [0.05, 0.1) is 12.1 Å². The summed E-state index contributed by atoms with van der Waals surface area (Å²) in [6.07, 6.45) is 15.0. The van der Waals surface area contributed by atoms with E-state index in [0.29, 0.717) is 30.1 Å². The van der Waals surface area contributed by atoms with Crippen molar-refractivity contribution < 1.29 is 9.90 Å². The lowest BCUT2D eigenvalue weighted by Crippen LogP contribution is -2.61. The number of nitrogens with zero attached hydrogens (tertiary/aromatic N) is 1. The first-order valence-corrected chi connectivity index (χ1v) is 10.8. The number of aliphatic hydroxyl groups is 1. The molecule has 0 radical (unpaired) electrons. The number of nitroso groups, excluding NO2 is 1. The van der Waals surface area contributed by atoms with E-state index in [1.54, 1.807) is 12.2 Å². The lowest BCUT2D eigenvalue weighted by molar-refractivity contribution is -0.119. The Labute approximate surface area is 166 Å².